The van der Waals surface area contributed by atoms with Crippen LogP contribution in [0.5, 0.6) is 0 Å². The number of nitrogens with two attached hydrogens (primary N) is 1. The molecule has 0 bridgehead atoms. The summed E-state index contributed by atoms with van der Waals surface area (Å²) in [5, 5.41) is 0.782. The van der Waals surface area contributed by atoms with Crippen LogP contribution in [0.25, 0.3) is 0 Å². The molecule has 1 aromatic carbocycles. The van der Waals surface area contributed by atoms with Gasteiger partial charge in [-0.2, -0.15) is 0 Å². The van der Waals surface area contributed by atoms with Crippen molar-refractivity contribution in [2.45, 2.75) is 0 Å². The zero-order valence-corrected chi connectivity index (χ0v) is 11.0. The van der Waals surface area contributed by atoms with Gasteiger partial charge in [0.1, 0.15) is 5.84 Å². The maximum absolute atomic E-state index is 5.89. The lowest BCUT2D eigenvalue weighted by Gasteiger charge is -2.05. The number of amidine groups is 1. The van der Waals surface area contributed by atoms with Gasteiger partial charge in [-0.05, 0) is 6.07 Å². The van der Waals surface area contributed by atoms with Crippen molar-refractivity contribution in [3.63, 3.8) is 0 Å². The summed E-state index contributed by atoms with van der Waals surface area (Å²) in [4.78, 5) is 3.94. The molecule has 15 heavy (non-hydrogen) atoms. The van der Waals surface area contributed by atoms with Gasteiger partial charge in [0.25, 0.3) is 0 Å². The first kappa shape index (κ1) is 13.2. The molecule has 2 nitrogen and oxygen atoms in total. The fourth-order valence-corrected chi connectivity index (χ4v) is 1.72. The van der Waals surface area contributed by atoms with Crippen molar-refractivity contribution in [1.82, 2.24) is 0 Å². The van der Waals surface area contributed by atoms with Gasteiger partial charge in [0.15, 0.2) is 0 Å². The highest BCUT2D eigenvalue weighted by atomic mass is 35.5. The first-order valence-corrected chi connectivity index (χ1v) is 5.74. The molecule has 0 spiro atoms. The second-order valence-corrected chi connectivity index (χ2v) is 4.36. The Kier molecular flexibility index (Phi) is 4.81. The first-order chi connectivity index (χ1) is 6.97. The SMILES string of the molecule is NC(CCl)=Nc1cc(Cl)c(Cl)c(Cl)c1Cl. The quantitative estimate of drug-likeness (QED) is 0.282. The third kappa shape index (κ3) is 3.05. The molecule has 0 radical (unpaired) electrons. The fraction of sp³-hybridized carbons (Fsp3) is 0.125. The van der Waals surface area contributed by atoms with E-state index in [1.54, 1.807) is 0 Å². The van der Waals surface area contributed by atoms with Crippen LogP contribution in [0, 0.1) is 0 Å². The van der Waals surface area contributed by atoms with Crippen LogP contribution < -0.4 is 5.73 Å². The molecular formula is C8H5Cl5N2. The van der Waals surface area contributed by atoms with Crippen LogP contribution >= 0.6 is 58.0 Å². The molecule has 0 saturated heterocycles. The Morgan fingerprint density at radius 3 is 2.27 bits per heavy atom. The Balaban J connectivity index is 3.33. The standard InChI is InChI=1S/C8H5Cl5N2/c9-2-5(14)15-4-1-3(10)6(11)8(13)7(4)12/h1H,2H2,(H2,14,15). The summed E-state index contributed by atoms with van der Waals surface area (Å²) in [6.07, 6.45) is 0. The number of hydrogen-bond donors (Lipinski definition) is 1. The maximum Gasteiger partial charge on any atom is 0.115 e. The Morgan fingerprint density at radius 1 is 1.13 bits per heavy atom. The first-order valence-electron chi connectivity index (χ1n) is 3.69. The fourth-order valence-electron chi connectivity index (χ4n) is 0.826. The molecular weight excluding hydrogens is 301 g/mol. The second-order valence-electron chi connectivity index (χ2n) is 2.56. The van der Waals surface area contributed by atoms with E-state index in [2.05, 4.69) is 4.99 Å². The molecule has 82 valence electrons. The summed E-state index contributed by atoms with van der Waals surface area (Å²) in [7, 11) is 0. The lowest BCUT2D eigenvalue weighted by molar-refractivity contribution is 1.45. The number of aliphatic imine (C=N–C) groups is 1. The molecule has 2 N–H and O–H groups in total. The van der Waals surface area contributed by atoms with E-state index in [1.807, 2.05) is 0 Å². The Labute approximate surface area is 112 Å². The number of nitrogens with zero attached hydrogens (tertiary/aromatic N) is 1. The number of hydrogen-bond acceptors (Lipinski definition) is 1. The van der Waals surface area contributed by atoms with Crippen LogP contribution in [-0.2, 0) is 0 Å². The van der Waals surface area contributed by atoms with Crippen molar-refractivity contribution in [2.75, 3.05) is 5.88 Å². The smallest absolute Gasteiger partial charge is 0.115 e. The van der Waals surface area contributed by atoms with Gasteiger partial charge < -0.3 is 5.73 Å². The second kappa shape index (κ2) is 5.46. The highest BCUT2D eigenvalue weighted by molar-refractivity contribution is 6.52. The number of alkyl halides is 1. The molecule has 0 aliphatic carbocycles. The minimum absolute atomic E-state index is 0.0915. The van der Waals surface area contributed by atoms with Crippen LogP contribution in [0.2, 0.25) is 20.1 Å². The van der Waals surface area contributed by atoms with Crippen LogP contribution in [0.3, 0.4) is 0 Å². The molecule has 0 fully saturated rings. The summed E-state index contributed by atoms with van der Waals surface area (Å²) >= 11 is 28.8. The summed E-state index contributed by atoms with van der Waals surface area (Å²) in [5.41, 5.74) is 5.79. The van der Waals surface area contributed by atoms with Gasteiger partial charge in [-0.25, -0.2) is 4.99 Å². The van der Waals surface area contributed by atoms with Gasteiger partial charge in [0.05, 0.1) is 31.7 Å². The predicted octanol–water partition coefficient (Wildman–Crippen LogP) is 4.53. The topological polar surface area (TPSA) is 38.4 Å². The van der Waals surface area contributed by atoms with E-state index in [0.717, 1.165) is 0 Å². The van der Waals surface area contributed by atoms with Crippen molar-refractivity contribution in [1.29, 1.82) is 0 Å². The predicted molar refractivity (Wildman–Crippen MR) is 68.5 cm³/mol. The molecule has 0 amide bonds. The molecule has 1 rings (SSSR count). The van der Waals surface area contributed by atoms with Gasteiger partial charge in [-0.1, -0.05) is 46.4 Å². The Bertz CT molecular complexity index is 416. The molecule has 0 aliphatic rings. The van der Waals surface area contributed by atoms with Gasteiger partial charge in [-0.3, -0.25) is 0 Å². The molecule has 0 unspecified atom stereocenters. The highest BCUT2D eigenvalue weighted by Crippen LogP contribution is 2.41. The molecule has 0 heterocycles. The highest BCUT2D eigenvalue weighted by Gasteiger charge is 2.12. The minimum Gasteiger partial charge on any atom is -0.386 e. The minimum atomic E-state index is 0.0915. The molecule has 0 aliphatic heterocycles. The Morgan fingerprint density at radius 2 is 1.73 bits per heavy atom. The van der Waals surface area contributed by atoms with E-state index in [-0.39, 0.29) is 31.8 Å². The van der Waals surface area contributed by atoms with Crippen molar-refractivity contribution in [3.05, 3.63) is 26.2 Å². The third-order valence-corrected chi connectivity index (χ3v) is 3.50. The van der Waals surface area contributed by atoms with E-state index >= 15 is 0 Å². The molecule has 0 saturated carbocycles. The third-order valence-electron chi connectivity index (χ3n) is 1.48. The van der Waals surface area contributed by atoms with Crippen molar-refractivity contribution >= 4 is 69.5 Å². The average Bonchev–Trinajstić information content (AvgIpc) is 2.22. The zero-order chi connectivity index (χ0) is 11.6. The largest absolute Gasteiger partial charge is 0.386 e. The molecule has 0 aromatic heterocycles. The lowest BCUT2D eigenvalue weighted by atomic mass is 10.3. The van der Waals surface area contributed by atoms with Gasteiger partial charge in [0, 0.05) is 0 Å². The van der Waals surface area contributed by atoms with Crippen molar-refractivity contribution < 1.29 is 0 Å². The monoisotopic (exact) mass is 304 g/mol. The van der Waals surface area contributed by atoms with E-state index in [0.29, 0.717) is 5.69 Å². The van der Waals surface area contributed by atoms with Gasteiger partial charge in [0.2, 0.25) is 0 Å². The summed E-state index contributed by atoms with van der Waals surface area (Å²) in [5.74, 6) is 0.307. The lowest BCUT2D eigenvalue weighted by Crippen LogP contribution is -2.12. The normalized spacial score (nSPS) is 11.9. The summed E-state index contributed by atoms with van der Waals surface area (Å²) in [6, 6.07) is 1.47. The number of benzene rings is 1. The summed E-state index contributed by atoms with van der Waals surface area (Å²) < 4.78 is 0. The van der Waals surface area contributed by atoms with Crippen LogP contribution in [0.15, 0.2) is 11.1 Å². The number of halogens is 5. The zero-order valence-electron chi connectivity index (χ0n) is 7.20. The molecule has 1 aromatic rings. The van der Waals surface area contributed by atoms with Crippen LogP contribution in [-0.4, -0.2) is 11.7 Å². The van der Waals surface area contributed by atoms with Gasteiger partial charge in [-0.15, -0.1) is 11.6 Å². The maximum atomic E-state index is 5.89. The van der Waals surface area contributed by atoms with Crippen molar-refractivity contribution in [2.24, 2.45) is 10.7 Å². The van der Waals surface area contributed by atoms with E-state index in [9.17, 15) is 0 Å². The molecule has 0 atom stereocenters. The van der Waals surface area contributed by atoms with Gasteiger partial charge >= 0.3 is 0 Å². The van der Waals surface area contributed by atoms with Crippen molar-refractivity contribution in [3.8, 4) is 0 Å². The van der Waals surface area contributed by atoms with E-state index in [1.165, 1.54) is 6.07 Å². The van der Waals surface area contributed by atoms with Crippen LogP contribution in [0.1, 0.15) is 0 Å². The van der Waals surface area contributed by atoms with Crippen LogP contribution in [0.4, 0.5) is 5.69 Å². The summed E-state index contributed by atoms with van der Waals surface area (Å²) in [6.45, 7) is 0. The average molecular weight is 306 g/mol. The Hall–Kier alpha value is 0.140. The molecule has 7 heteroatoms. The number of rotatable bonds is 2. The van der Waals surface area contributed by atoms with E-state index < -0.39 is 0 Å². The van der Waals surface area contributed by atoms with E-state index in [4.69, 9.17) is 63.7 Å².